The Hall–Kier alpha value is -3.26. The number of amidine groups is 1. The lowest BCUT2D eigenvalue weighted by atomic mass is 10.1. The number of likely N-dealkylation sites (N-methyl/N-ethyl adjacent to an activating group) is 1. The van der Waals surface area contributed by atoms with E-state index >= 15 is 4.39 Å². The molecular formula is C25H29FN6O. The number of nitrogens with one attached hydrogen (secondary N) is 1. The van der Waals surface area contributed by atoms with Gasteiger partial charge in [-0.05, 0) is 64.1 Å². The van der Waals surface area contributed by atoms with Crippen LogP contribution in [0.5, 0.6) is 11.8 Å². The molecule has 5 rings (SSSR count). The molecule has 1 aliphatic carbocycles. The van der Waals surface area contributed by atoms with E-state index in [0.29, 0.717) is 24.0 Å². The molecule has 2 aliphatic heterocycles. The fourth-order valence-electron chi connectivity index (χ4n) is 4.50. The first-order chi connectivity index (χ1) is 15.9. The normalized spacial score (nSPS) is 19.5. The molecule has 1 N–H and O–H groups in total. The van der Waals surface area contributed by atoms with Crippen molar-refractivity contribution < 1.29 is 9.13 Å². The van der Waals surface area contributed by atoms with Gasteiger partial charge in [0, 0.05) is 30.8 Å². The molecule has 1 aromatic heterocycles. The van der Waals surface area contributed by atoms with E-state index in [4.69, 9.17) is 4.74 Å². The van der Waals surface area contributed by atoms with E-state index in [2.05, 4.69) is 44.2 Å². The third-order valence-corrected chi connectivity index (χ3v) is 6.34. The Kier molecular flexibility index (Phi) is 5.62. The number of hydrogen-bond acceptors (Lipinski definition) is 7. The Morgan fingerprint density at radius 3 is 2.73 bits per heavy atom. The Morgan fingerprint density at radius 2 is 2.00 bits per heavy atom. The summed E-state index contributed by atoms with van der Waals surface area (Å²) in [5.74, 6) is 1.83. The molecule has 0 radical (unpaired) electrons. The Labute approximate surface area is 193 Å². The lowest BCUT2D eigenvalue weighted by Crippen LogP contribution is -2.31. The van der Waals surface area contributed by atoms with Crippen molar-refractivity contribution in [1.82, 2.24) is 14.9 Å². The van der Waals surface area contributed by atoms with Crippen LogP contribution in [-0.2, 0) is 6.42 Å². The van der Waals surface area contributed by atoms with Crippen LogP contribution in [0.1, 0.15) is 31.4 Å². The van der Waals surface area contributed by atoms with Gasteiger partial charge in [0.2, 0.25) is 0 Å². The molecule has 1 atom stereocenters. The second kappa shape index (κ2) is 8.59. The first-order valence-electron chi connectivity index (χ1n) is 11.3. The first kappa shape index (κ1) is 21.6. The molecule has 1 aromatic carbocycles. The number of nitrogens with zero attached hydrogens (tertiary/aromatic N) is 5. The third-order valence-electron chi connectivity index (χ3n) is 6.34. The van der Waals surface area contributed by atoms with Crippen LogP contribution in [0.15, 0.2) is 40.4 Å². The maximum absolute atomic E-state index is 15.2. The number of aromatic nitrogens is 2. The van der Waals surface area contributed by atoms with Gasteiger partial charge in [-0.25, -0.2) is 4.39 Å². The van der Waals surface area contributed by atoms with Crippen LogP contribution < -0.4 is 15.0 Å². The maximum atomic E-state index is 15.2. The molecule has 1 saturated heterocycles. The minimum Gasteiger partial charge on any atom is -0.421 e. The molecule has 1 fully saturated rings. The largest absolute Gasteiger partial charge is 0.421 e. The topological polar surface area (TPSA) is 65.9 Å². The van der Waals surface area contributed by atoms with E-state index in [0.717, 1.165) is 48.7 Å². The van der Waals surface area contributed by atoms with Crippen LogP contribution >= 0.6 is 0 Å². The van der Waals surface area contributed by atoms with Crippen LogP contribution in [0.3, 0.4) is 0 Å². The quantitative estimate of drug-likeness (QED) is 0.737. The third kappa shape index (κ3) is 4.48. The summed E-state index contributed by atoms with van der Waals surface area (Å²) in [7, 11) is 4.19. The monoisotopic (exact) mass is 448 g/mol. The summed E-state index contributed by atoms with van der Waals surface area (Å²) in [6.07, 6.45) is 5.69. The van der Waals surface area contributed by atoms with Gasteiger partial charge in [0.05, 0.1) is 6.54 Å². The van der Waals surface area contributed by atoms with Gasteiger partial charge in [0.15, 0.2) is 11.6 Å². The summed E-state index contributed by atoms with van der Waals surface area (Å²) in [4.78, 5) is 18.1. The standard InChI is InChI=1S/C25H29FN6O/c1-15-9-17-5-6-20(24(26)19(17)10-15)33-25-29-22(28-21-11-16(2)13-27-21)12-23(30-25)32-8-7-18(14-32)31(3)4/h5-6,10-12,18H,7-9,13-14H2,1-4H3,(H,27,28,29,30). The van der Waals surface area contributed by atoms with Gasteiger partial charge in [0.25, 0.3) is 0 Å². The van der Waals surface area contributed by atoms with E-state index in [1.54, 1.807) is 6.07 Å². The highest BCUT2D eigenvalue weighted by Crippen LogP contribution is 2.34. The highest BCUT2D eigenvalue weighted by molar-refractivity contribution is 6.05. The highest BCUT2D eigenvalue weighted by atomic mass is 19.1. The van der Waals surface area contributed by atoms with Gasteiger partial charge in [-0.3, -0.25) is 4.99 Å². The zero-order chi connectivity index (χ0) is 23.1. The highest BCUT2D eigenvalue weighted by Gasteiger charge is 2.26. The lowest BCUT2D eigenvalue weighted by molar-refractivity contribution is 0.315. The van der Waals surface area contributed by atoms with Crippen molar-refractivity contribution in [2.75, 3.05) is 43.9 Å². The van der Waals surface area contributed by atoms with Crippen molar-refractivity contribution in [3.05, 3.63) is 52.4 Å². The van der Waals surface area contributed by atoms with Gasteiger partial charge in [-0.1, -0.05) is 17.7 Å². The number of aliphatic imine (C=N–C) groups is 1. The zero-order valence-electron chi connectivity index (χ0n) is 19.5. The summed E-state index contributed by atoms with van der Waals surface area (Å²) in [5, 5.41) is 3.26. The number of allylic oxidation sites excluding steroid dienone is 1. The predicted molar refractivity (Wildman–Crippen MR) is 130 cm³/mol. The second-order valence-corrected chi connectivity index (χ2v) is 9.28. The summed E-state index contributed by atoms with van der Waals surface area (Å²) in [6.45, 7) is 6.46. The van der Waals surface area contributed by atoms with Crippen LogP contribution in [0.2, 0.25) is 0 Å². The van der Waals surface area contributed by atoms with Gasteiger partial charge >= 0.3 is 6.01 Å². The summed E-state index contributed by atoms with van der Waals surface area (Å²) >= 11 is 0. The van der Waals surface area contributed by atoms with Crippen LogP contribution in [0.25, 0.3) is 6.08 Å². The smallest absolute Gasteiger partial charge is 0.326 e. The molecule has 8 heteroatoms. The Balaban J connectivity index is 1.46. The fraction of sp³-hybridized carbons (Fsp3) is 0.400. The number of fused-ring (bicyclic) bond motifs is 1. The minimum absolute atomic E-state index is 0.111. The molecule has 0 bridgehead atoms. The number of hydrogen-bond donors (Lipinski definition) is 1. The van der Waals surface area contributed by atoms with Crippen molar-refractivity contribution in [1.29, 1.82) is 0 Å². The SMILES string of the molecule is CC1=CC(Nc2cc(N3CCC(N(C)C)C3)nc(Oc3ccc4c(c3F)C=C(C)C4)n2)=NC1. The van der Waals surface area contributed by atoms with Crippen molar-refractivity contribution in [3.8, 4) is 11.8 Å². The van der Waals surface area contributed by atoms with E-state index < -0.39 is 0 Å². The fourth-order valence-corrected chi connectivity index (χ4v) is 4.50. The Bertz CT molecular complexity index is 1190. The van der Waals surface area contributed by atoms with Crippen LogP contribution in [-0.4, -0.2) is 60.5 Å². The molecule has 33 heavy (non-hydrogen) atoms. The second-order valence-electron chi connectivity index (χ2n) is 9.28. The van der Waals surface area contributed by atoms with Crippen molar-refractivity contribution in [3.63, 3.8) is 0 Å². The molecule has 2 aromatic rings. The van der Waals surface area contributed by atoms with Gasteiger partial charge in [0.1, 0.15) is 17.5 Å². The maximum Gasteiger partial charge on any atom is 0.326 e. The number of benzene rings is 1. The molecule has 3 aliphatic rings. The first-order valence-corrected chi connectivity index (χ1v) is 11.3. The molecule has 7 nitrogen and oxygen atoms in total. The van der Waals surface area contributed by atoms with Crippen molar-refractivity contribution in [2.45, 2.75) is 32.7 Å². The Morgan fingerprint density at radius 1 is 1.15 bits per heavy atom. The van der Waals surface area contributed by atoms with E-state index in [9.17, 15) is 0 Å². The molecule has 0 amide bonds. The van der Waals surface area contributed by atoms with Crippen LogP contribution in [0.4, 0.5) is 16.0 Å². The summed E-state index contributed by atoms with van der Waals surface area (Å²) in [6, 6.07) is 6.04. The minimum atomic E-state index is -0.375. The molecule has 0 spiro atoms. The predicted octanol–water partition coefficient (Wildman–Crippen LogP) is 4.28. The summed E-state index contributed by atoms with van der Waals surface area (Å²) < 4.78 is 21.1. The van der Waals surface area contributed by atoms with E-state index in [-0.39, 0.29) is 17.6 Å². The molecule has 1 unspecified atom stereocenters. The number of ether oxygens (including phenoxy) is 1. The van der Waals surface area contributed by atoms with Crippen LogP contribution in [0, 0.1) is 5.82 Å². The van der Waals surface area contributed by atoms with Gasteiger partial charge in [-0.2, -0.15) is 9.97 Å². The summed E-state index contributed by atoms with van der Waals surface area (Å²) in [5.41, 5.74) is 3.88. The number of halogens is 1. The van der Waals surface area contributed by atoms with Crippen molar-refractivity contribution >= 4 is 23.5 Å². The number of rotatable bonds is 5. The zero-order valence-corrected chi connectivity index (χ0v) is 19.5. The van der Waals surface area contributed by atoms with Crippen molar-refractivity contribution in [2.24, 2.45) is 4.99 Å². The van der Waals surface area contributed by atoms with Gasteiger partial charge < -0.3 is 19.9 Å². The molecule has 172 valence electrons. The van der Waals surface area contributed by atoms with E-state index in [1.165, 1.54) is 5.57 Å². The average molecular weight is 449 g/mol. The molecule has 3 heterocycles. The molecule has 0 saturated carbocycles. The van der Waals surface area contributed by atoms with Gasteiger partial charge in [-0.15, -0.1) is 0 Å². The number of anilines is 2. The molecular weight excluding hydrogens is 419 g/mol. The lowest BCUT2D eigenvalue weighted by Gasteiger charge is -2.22. The van der Waals surface area contributed by atoms with E-state index in [1.807, 2.05) is 38.1 Å². The average Bonchev–Trinajstić information content (AvgIpc) is 3.50.